The molecule has 0 aliphatic heterocycles. The number of hydrogen-bond donors (Lipinski definition) is 0. The number of hydrogen-bond acceptors (Lipinski definition) is 5. The Morgan fingerprint density at radius 3 is 2.08 bits per heavy atom. The van der Waals surface area contributed by atoms with E-state index in [0.717, 1.165) is 41.9 Å². The minimum Gasteiger partial charge on any atom is -0.467 e. The van der Waals surface area contributed by atoms with Crippen molar-refractivity contribution in [2.75, 3.05) is 27.8 Å². The quantitative estimate of drug-likeness (QED) is 0.0982. The van der Waals surface area contributed by atoms with Gasteiger partial charge in [-0.2, -0.15) is 0 Å². The summed E-state index contributed by atoms with van der Waals surface area (Å²) in [5.74, 6) is 2.05. The Bertz CT molecular complexity index is 886. The molecule has 0 unspecified atom stereocenters. The summed E-state index contributed by atoms with van der Waals surface area (Å²) < 4.78 is 29.8. The van der Waals surface area contributed by atoms with Crippen LogP contribution < -0.4 is 9.47 Å². The number of methoxy groups -OCH3 is 2. The van der Waals surface area contributed by atoms with E-state index < -0.39 is 8.32 Å². The fraction of sp³-hybridized carbons (Fsp3) is 0.677. The first-order valence-corrected chi connectivity index (χ1v) is 16.7. The molecule has 5 nitrogen and oxygen atoms in total. The first-order valence-electron chi connectivity index (χ1n) is 13.8. The summed E-state index contributed by atoms with van der Waals surface area (Å²) in [5.41, 5.74) is 4.51. The first-order chi connectivity index (χ1) is 17.4. The van der Waals surface area contributed by atoms with Gasteiger partial charge < -0.3 is 23.4 Å². The van der Waals surface area contributed by atoms with Crippen molar-refractivity contribution in [3.63, 3.8) is 0 Å². The molecule has 0 radical (unpaired) electrons. The van der Waals surface area contributed by atoms with Crippen LogP contribution in [0.2, 0.25) is 18.1 Å². The van der Waals surface area contributed by atoms with Gasteiger partial charge in [-0.25, -0.2) is 0 Å². The predicted molar refractivity (Wildman–Crippen MR) is 157 cm³/mol. The Kier molecular flexibility index (Phi) is 11.9. The average molecular weight is 533 g/mol. The molecule has 0 spiro atoms. The highest BCUT2D eigenvalue weighted by Crippen LogP contribution is 2.49. The van der Waals surface area contributed by atoms with E-state index in [4.69, 9.17) is 23.4 Å². The van der Waals surface area contributed by atoms with E-state index in [1.165, 1.54) is 24.0 Å². The Balaban J connectivity index is 2.57. The van der Waals surface area contributed by atoms with Crippen molar-refractivity contribution in [3.05, 3.63) is 41.5 Å². The molecule has 0 aromatic heterocycles. The monoisotopic (exact) mass is 532 g/mol. The van der Waals surface area contributed by atoms with Gasteiger partial charge in [0.2, 0.25) is 0 Å². The van der Waals surface area contributed by atoms with Gasteiger partial charge in [0.1, 0.15) is 11.5 Å². The molecular formula is C31H52O5Si. The zero-order valence-corrected chi connectivity index (χ0v) is 26.2. The minimum atomic E-state index is -1.90. The molecular weight excluding hydrogens is 480 g/mol. The van der Waals surface area contributed by atoms with E-state index in [2.05, 4.69) is 79.4 Å². The van der Waals surface area contributed by atoms with Crippen molar-refractivity contribution < 1.29 is 23.4 Å². The fourth-order valence-corrected chi connectivity index (χ4v) is 6.18. The van der Waals surface area contributed by atoms with Crippen molar-refractivity contribution in [1.29, 1.82) is 0 Å². The standard InChI is InChI=1S/C31H52O5Si/c1-12-13-14-15-24-16-28(34-20-32-8)30(29(17-24)35-21-33-9)27-19-25(18-26(27)22(2)3)23(4)36-37(10,11)31(5,6)7/h16-17,19,23,25-26H,2,12-15,18,20-21H2,1,3-11H3/t23-,25+,26-/m0/s1. The fourth-order valence-electron chi connectivity index (χ4n) is 4.72. The molecule has 2 rings (SSSR count). The van der Waals surface area contributed by atoms with Gasteiger partial charge >= 0.3 is 0 Å². The molecule has 0 saturated carbocycles. The molecule has 0 amide bonds. The van der Waals surface area contributed by atoms with Crippen molar-refractivity contribution in [2.24, 2.45) is 11.8 Å². The van der Waals surface area contributed by atoms with Crippen LogP contribution in [0.1, 0.15) is 78.4 Å². The number of unbranched alkanes of at least 4 members (excludes halogenated alkanes) is 2. The number of allylic oxidation sites excluding steroid dienone is 2. The van der Waals surface area contributed by atoms with Gasteiger partial charge in [0, 0.05) is 32.2 Å². The van der Waals surface area contributed by atoms with Crippen LogP contribution in [0.15, 0.2) is 30.4 Å². The third-order valence-corrected chi connectivity index (χ3v) is 12.5. The maximum atomic E-state index is 6.82. The Labute approximate surface area is 227 Å². The van der Waals surface area contributed by atoms with Gasteiger partial charge in [0.25, 0.3) is 0 Å². The van der Waals surface area contributed by atoms with Crippen LogP contribution in [0, 0.1) is 11.8 Å². The highest BCUT2D eigenvalue weighted by atomic mass is 28.4. The molecule has 0 saturated heterocycles. The number of ether oxygens (including phenoxy) is 4. The average Bonchev–Trinajstić information content (AvgIpc) is 3.26. The molecule has 1 aromatic rings. The number of aryl methyl sites for hydroxylation is 1. The topological polar surface area (TPSA) is 46.2 Å². The van der Waals surface area contributed by atoms with Crippen LogP contribution in [-0.4, -0.2) is 42.2 Å². The number of rotatable bonds is 15. The van der Waals surface area contributed by atoms with E-state index in [0.29, 0.717) is 0 Å². The molecule has 0 fully saturated rings. The van der Waals surface area contributed by atoms with Crippen molar-refractivity contribution >= 4 is 13.9 Å². The molecule has 6 heteroatoms. The molecule has 1 aromatic carbocycles. The van der Waals surface area contributed by atoms with Gasteiger partial charge in [-0.1, -0.05) is 58.8 Å². The van der Waals surface area contributed by atoms with Crippen LogP contribution in [-0.2, 0) is 20.3 Å². The highest BCUT2D eigenvalue weighted by molar-refractivity contribution is 6.74. The number of benzene rings is 1. The first kappa shape index (κ1) is 31.6. The lowest BCUT2D eigenvalue weighted by atomic mass is 9.87. The summed E-state index contributed by atoms with van der Waals surface area (Å²) >= 11 is 0. The SMILES string of the molecule is C=C(C)[C@@H]1C[C@@H]([C@H](C)O[Si](C)(C)C(C)(C)C)C=C1c1c(OCOC)cc(CCCCC)cc1OCOC. The van der Waals surface area contributed by atoms with E-state index in [1.54, 1.807) is 14.2 Å². The molecule has 1 aliphatic carbocycles. The normalized spacial score (nSPS) is 19.0. The Hall–Kier alpha value is -1.60. The Morgan fingerprint density at radius 2 is 1.62 bits per heavy atom. The molecule has 0 bridgehead atoms. The van der Waals surface area contributed by atoms with Crippen molar-refractivity contribution in [2.45, 2.75) is 97.9 Å². The van der Waals surface area contributed by atoms with Crippen LogP contribution in [0.4, 0.5) is 0 Å². The summed E-state index contributed by atoms with van der Waals surface area (Å²) in [6.07, 6.45) is 7.94. The Morgan fingerprint density at radius 1 is 1.05 bits per heavy atom. The van der Waals surface area contributed by atoms with Gasteiger partial charge in [0.15, 0.2) is 21.9 Å². The molecule has 0 N–H and O–H groups in total. The lowest BCUT2D eigenvalue weighted by Crippen LogP contribution is -2.44. The summed E-state index contributed by atoms with van der Waals surface area (Å²) in [4.78, 5) is 0. The maximum Gasteiger partial charge on any atom is 0.192 e. The van der Waals surface area contributed by atoms with E-state index in [9.17, 15) is 0 Å². The lowest BCUT2D eigenvalue weighted by molar-refractivity contribution is 0.0455. The maximum absolute atomic E-state index is 6.82. The van der Waals surface area contributed by atoms with Gasteiger partial charge in [0.05, 0.1) is 5.56 Å². The third kappa shape index (κ3) is 8.44. The largest absolute Gasteiger partial charge is 0.467 e. The van der Waals surface area contributed by atoms with E-state index in [-0.39, 0.29) is 36.6 Å². The second-order valence-electron chi connectivity index (χ2n) is 12.0. The zero-order valence-electron chi connectivity index (χ0n) is 25.2. The van der Waals surface area contributed by atoms with Gasteiger partial charge in [-0.05, 0) is 74.5 Å². The zero-order chi connectivity index (χ0) is 27.8. The van der Waals surface area contributed by atoms with Crippen molar-refractivity contribution in [3.8, 4) is 11.5 Å². The summed E-state index contributed by atoms with van der Waals surface area (Å²) in [6.45, 7) is 22.8. The van der Waals surface area contributed by atoms with E-state index >= 15 is 0 Å². The van der Waals surface area contributed by atoms with Gasteiger partial charge in [-0.3, -0.25) is 0 Å². The summed E-state index contributed by atoms with van der Waals surface area (Å²) in [7, 11) is 1.39. The van der Waals surface area contributed by atoms with Gasteiger partial charge in [-0.15, -0.1) is 0 Å². The molecule has 1 aliphatic rings. The van der Waals surface area contributed by atoms with Crippen LogP contribution in [0.25, 0.3) is 5.57 Å². The second kappa shape index (κ2) is 14.0. The predicted octanol–water partition coefficient (Wildman–Crippen LogP) is 8.39. The molecule has 37 heavy (non-hydrogen) atoms. The minimum absolute atomic E-state index is 0.111. The third-order valence-electron chi connectivity index (χ3n) is 7.91. The lowest BCUT2D eigenvalue weighted by Gasteiger charge is -2.39. The van der Waals surface area contributed by atoms with Crippen LogP contribution in [0.5, 0.6) is 11.5 Å². The van der Waals surface area contributed by atoms with Crippen molar-refractivity contribution in [1.82, 2.24) is 0 Å². The molecule has 3 atom stereocenters. The van der Waals surface area contributed by atoms with E-state index in [1.807, 2.05) is 0 Å². The van der Waals surface area contributed by atoms with Crippen LogP contribution in [0.3, 0.4) is 0 Å². The second-order valence-corrected chi connectivity index (χ2v) is 16.8. The highest BCUT2D eigenvalue weighted by Gasteiger charge is 2.41. The molecule has 0 heterocycles. The summed E-state index contributed by atoms with van der Waals surface area (Å²) in [5, 5.41) is 0.163. The smallest absolute Gasteiger partial charge is 0.192 e. The molecule has 210 valence electrons. The summed E-state index contributed by atoms with van der Waals surface area (Å²) in [6, 6.07) is 4.31. The van der Waals surface area contributed by atoms with Crippen LogP contribution >= 0.6 is 0 Å².